The Balaban J connectivity index is 1.39. The summed E-state index contributed by atoms with van der Waals surface area (Å²) < 4.78 is 31.9. The lowest BCUT2D eigenvalue weighted by molar-refractivity contribution is -0.0948. The topological polar surface area (TPSA) is 122 Å². The lowest BCUT2D eigenvalue weighted by Crippen LogP contribution is -2.40. The molecule has 228 valence electrons. The zero-order valence-electron chi connectivity index (χ0n) is 25.0. The van der Waals surface area contributed by atoms with Crippen LogP contribution in [0.4, 0.5) is 5.82 Å². The standard InChI is InChI=1S/C33H35N5O6/c1-34-30-27-31(36-19-35-30)38(20-37-27)32-29(42-4)28(39)26(44-32)18-43-33(21-8-6-5-7-9-21,22-10-14-24(40-2)15-11-22)23-12-16-25(41-3)17-13-23/h5-17,19-20,26,28-29,32,39H,18H2,1-4H3,(H,34,35,36)/t26-,28-,29-,32-/m1/s1. The highest BCUT2D eigenvalue weighted by Gasteiger charge is 2.48. The number of benzene rings is 3. The molecule has 0 saturated carbocycles. The van der Waals surface area contributed by atoms with E-state index in [9.17, 15) is 5.11 Å². The average Bonchev–Trinajstić information content (AvgIpc) is 3.66. The summed E-state index contributed by atoms with van der Waals surface area (Å²) in [6.45, 7) is 0.0356. The van der Waals surface area contributed by atoms with Crippen molar-refractivity contribution in [3.8, 4) is 11.5 Å². The highest BCUT2D eigenvalue weighted by Crippen LogP contribution is 2.43. The summed E-state index contributed by atoms with van der Waals surface area (Å²) in [5.74, 6) is 2.04. The van der Waals surface area contributed by atoms with E-state index in [2.05, 4.69) is 20.3 Å². The highest BCUT2D eigenvalue weighted by molar-refractivity contribution is 5.82. The van der Waals surface area contributed by atoms with E-state index in [-0.39, 0.29) is 6.61 Å². The molecule has 4 atom stereocenters. The molecular formula is C33H35N5O6. The van der Waals surface area contributed by atoms with Crippen LogP contribution < -0.4 is 14.8 Å². The maximum absolute atomic E-state index is 11.5. The van der Waals surface area contributed by atoms with Crippen LogP contribution in [0.1, 0.15) is 22.9 Å². The molecule has 44 heavy (non-hydrogen) atoms. The van der Waals surface area contributed by atoms with Crippen molar-refractivity contribution in [2.24, 2.45) is 0 Å². The van der Waals surface area contributed by atoms with Crippen molar-refractivity contribution < 1.29 is 28.8 Å². The molecule has 0 amide bonds. The van der Waals surface area contributed by atoms with Gasteiger partial charge in [0.15, 0.2) is 17.7 Å². The molecule has 0 unspecified atom stereocenters. The molecule has 1 aliphatic heterocycles. The van der Waals surface area contributed by atoms with Gasteiger partial charge in [-0.05, 0) is 41.0 Å². The van der Waals surface area contributed by atoms with Gasteiger partial charge in [0.1, 0.15) is 47.3 Å². The fourth-order valence-electron chi connectivity index (χ4n) is 5.84. The molecule has 1 saturated heterocycles. The van der Waals surface area contributed by atoms with E-state index in [1.54, 1.807) is 39.3 Å². The first-order valence-electron chi connectivity index (χ1n) is 14.2. The molecule has 2 N–H and O–H groups in total. The number of nitrogens with one attached hydrogen (secondary N) is 1. The van der Waals surface area contributed by atoms with Gasteiger partial charge < -0.3 is 34.1 Å². The Morgan fingerprint density at radius 2 is 1.45 bits per heavy atom. The van der Waals surface area contributed by atoms with E-state index < -0.39 is 30.1 Å². The van der Waals surface area contributed by atoms with Crippen molar-refractivity contribution in [3.63, 3.8) is 0 Å². The summed E-state index contributed by atoms with van der Waals surface area (Å²) in [5.41, 5.74) is 2.72. The van der Waals surface area contributed by atoms with Gasteiger partial charge in [-0.15, -0.1) is 0 Å². The molecule has 2 aromatic heterocycles. The number of aliphatic hydroxyl groups is 1. The summed E-state index contributed by atoms with van der Waals surface area (Å²) in [4.78, 5) is 13.2. The van der Waals surface area contributed by atoms with Gasteiger partial charge in [0, 0.05) is 14.2 Å². The van der Waals surface area contributed by atoms with Gasteiger partial charge in [0.05, 0.1) is 27.2 Å². The Morgan fingerprint density at radius 1 is 0.841 bits per heavy atom. The van der Waals surface area contributed by atoms with Crippen LogP contribution in [-0.4, -0.2) is 77.9 Å². The Bertz CT molecular complexity index is 1630. The molecule has 6 rings (SSSR count). The van der Waals surface area contributed by atoms with Crippen LogP contribution in [0.15, 0.2) is 91.5 Å². The molecule has 0 spiro atoms. The van der Waals surface area contributed by atoms with Gasteiger partial charge in [-0.1, -0.05) is 54.6 Å². The third-order valence-corrected chi connectivity index (χ3v) is 8.09. The number of aromatic nitrogens is 4. The zero-order valence-corrected chi connectivity index (χ0v) is 25.0. The molecule has 5 aromatic rings. The van der Waals surface area contributed by atoms with Crippen molar-refractivity contribution in [1.29, 1.82) is 0 Å². The van der Waals surface area contributed by atoms with Gasteiger partial charge in [-0.25, -0.2) is 15.0 Å². The molecule has 0 bridgehead atoms. The number of methoxy groups -OCH3 is 3. The number of ether oxygens (including phenoxy) is 5. The number of rotatable bonds is 11. The Hall–Kier alpha value is -4.55. The van der Waals surface area contributed by atoms with Crippen LogP contribution in [0.3, 0.4) is 0 Å². The lowest BCUT2D eigenvalue weighted by Gasteiger charge is -2.37. The van der Waals surface area contributed by atoms with E-state index in [4.69, 9.17) is 23.7 Å². The SMILES string of the molecule is CNc1ncnc2c1ncn2[C@@H]1O[C@H](COC(c2ccccc2)(c2ccc(OC)cc2)c2ccc(OC)cc2)[C@@H](O)[C@H]1OC. The Kier molecular flexibility index (Phi) is 8.45. The largest absolute Gasteiger partial charge is 0.497 e. The molecule has 1 aliphatic rings. The zero-order chi connectivity index (χ0) is 30.7. The van der Waals surface area contributed by atoms with Crippen molar-refractivity contribution in [3.05, 3.63) is 108 Å². The van der Waals surface area contributed by atoms with Crippen LogP contribution in [0, 0.1) is 0 Å². The smallest absolute Gasteiger partial charge is 0.167 e. The van der Waals surface area contributed by atoms with Crippen LogP contribution in [0.5, 0.6) is 11.5 Å². The molecule has 0 radical (unpaired) electrons. The summed E-state index contributed by atoms with van der Waals surface area (Å²) in [7, 11) is 6.59. The molecule has 11 nitrogen and oxygen atoms in total. The number of nitrogens with zero attached hydrogens (tertiary/aromatic N) is 4. The molecule has 1 fully saturated rings. The van der Waals surface area contributed by atoms with Gasteiger partial charge in [0.2, 0.25) is 0 Å². The number of imidazole rings is 1. The first-order chi connectivity index (χ1) is 21.5. The van der Waals surface area contributed by atoms with Crippen LogP contribution in [0.2, 0.25) is 0 Å². The quantitative estimate of drug-likeness (QED) is 0.215. The third-order valence-electron chi connectivity index (χ3n) is 8.09. The second-order valence-corrected chi connectivity index (χ2v) is 10.4. The van der Waals surface area contributed by atoms with Crippen LogP contribution >= 0.6 is 0 Å². The van der Waals surface area contributed by atoms with Crippen LogP contribution in [-0.2, 0) is 19.8 Å². The van der Waals surface area contributed by atoms with Gasteiger partial charge >= 0.3 is 0 Å². The predicted molar refractivity (Wildman–Crippen MR) is 164 cm³/mol. The van der Waals surface area contributed by atoms with Gasteiger partial charge in [-0.3, -0.25) is 4.57 Å². The Morgan fingerprint density at radius 3 is 2.02 bits per heavy atom. The molecule has 3 aromatic carbocycles. The highest BCUT2D eigenvalue weighted by atomic mass is 16.6. The minimum atomic E-state index is -1.07. The summed E-state index contributed by atoms with van der Waals surface area (Å²) in [6, 6.07) is 25.5. The minimum Gasteiger partial charge on any atom is -0.497 e. The maximum atomic E-state index is 11.5. The first-order valence-corrected chi connectivity index (χ1v) is 14.2. The van der Waals surface area contributed by atoms with Crippen molar-refractivity contribution in [1.82, 2.24) is 19.5 Å². The number of fused-ring (bicyclic) bond motifs is 1. The van der Waals surface area contributed by atoms with E-state index in [0.29, 0.717) is 17.0 Å². The number of hydrogen-bond acceptors (Lipinski definition) is 10. The van der Waals surface area contributed by atoms with Crippen LogP contribution in [0.25, 0.3) is 11.2 Å². The average molecular weight is 598 g/mol. The summed E-state index contributed by atoms with van der Waals surface area (Å²) >= 11 is 0. The summed E-state index contributed by atoms with van der Waals surface area (Å²) in [6.07, 6.45) is -0.0855. The lowest BCUT2D eigenvalue weighted by atomic mass is 9.80. The van der Waals surface area contributed by atoms with Gasteiger partial charge in [-0.2, -0.15) is 0 Å². The van der Waals surface area contributed by atoms with Crippen molar-refractivity contribution in [2.75, 3.05) is 40.3 Å². The number of aliphatic hydroxyl groups excluding tert-OH is 1. The second kappa shape index (κ2) is 12.6. The monoisotopic (exact) mass is 597 g/mol. The molecule has 3 heterocycles. The molecule has 0 aliphatic carbocycles. The van der Waals surface area contributed by atoms with Gasteiger partial charge in [0.25, 0.3) is 0 Å². The molecule has 11 heteroatoms. The fourth-order valence-corrected chi connectivity index (χ4v) is 5.84. The Labute approximate surface area is 255 Å². The molecular weight excluding hydrogens is 562 g/mol. The maximum Gasteiger partial charge on any atom is 0.167 e. The van der Waals surface area contributed by atoms with Crippen molar-refractivity contribution in [2.45, 2.75) is 30.1 Å². The van der Waals surface area contributed by atoms with E-state index in [0.717, 1.165) is 28.2 Å². The number of hydrogen-bond donors (Lipinski definition) is 2. The normalized spacial score (nSPS) is 20.1. The van der Waals surface area contributed by atoms with Crippen molar-refractivity contribution >= 4 is 17.0 Å². The van der Waals surface area contributed by atoms with E-state index >= 15 is 0 Å². The third kappa shape index (κ3) is 5.13. The van der Waals surface area contributed by atoms with E-state index in [1.165, 1.54) is 6.33 Å². The number of anilines is 1. The summed E-state index contributed by atoms with van der Waals surface area (Å²) in [5, 5.41) is 14.5. The fraction of sp³-hybridized carbons (Fsp3) is 0.303. The van der Waals surface area contributed by atoms with E-state index in [1.807, 2.05) is 78.9 Å². The minimum absolute atomic E-state index is 0.0356. The second-order valence-electron chi connectivity index (χ2n) is 10.4. The predicted octanol–water partition coefficient (Wildman–Crippen LogP) is 4.17. The first kappa shape index (κ1) is 29.5.